The average molecular weight is 597 g/mol. The summed E-state index contributed by atoms with van der Waals surface area (Å²) in [4.78, 5) is 37.8. The first-order valence-electron chi connectivity index (χ1n) is 13.0. The summed E-state index contributed by atoms with van der Waals surface area (Å²) in [6, 6.07) is 6.33. The summed E-state index contributed by atoms with van der Waals surface area (Å²) < 4.78 is 83.0. The molecule has 0 aliphatic rings. The van der Waals surface area contributed by atoms with Crippen molar-refractivity contribution < 1.29 is 36.0 Å². The average Bonchev–Trinajstić information content (AvgIpc) is 3.40. The minimum Gasteiger partial charge on any atom is -0.480 e. The maximum Gasteiger partial charge on any atom is 0.436 e. The molecule has 2 heterocycles. The van der Waals surface area contributed by atoms with Crippen LogP contribution in [0.1, 0.15) is 39.6 Å². The van der Waals surface area contributed by atoms with E-state index in [1.807, 2.05) is 0 Å². The fourth-order valence-corrected chi connectivity index (χ4v) is 4.04. The van der Waals surface area contributed by atoms with E-state index >= 15 is 0 Å². The van der Waals surface area contributed by atoms with Gasteiger partial charge >= 0.3 is 6.18 Å². The van der Waals surface area contributed by atoms with Gasteiger partial charge in [-0.2, -0.15) is 13.2 Å². The quantitative estimate of drug-likeness (QED) is 0.292. The number of carbonyl (C=O) groups excluding carboxylic acids is 2. The van der Waals surface area contributed by atoms with E-state index in [0.717, 1.165) is 22.9 Å². The number of halogens is 5. The Labute approximate surface area is 237 Å². The Morgan fingerprint density at radius 2 is 1.95 bits per heavy atom. The number of nitrogens with two attached hydrogens (primary N) is 1. The van der Waals surface area contributed by atoms with Crippen molar-refractivity contribution in [3.8, 4) is 22.7 Å². The van der Waals surface area contributed by atoms with Gasteiger partial charge in [-0.1, -0.05) is 23.7 Å². The van der Waals surface area contributed by atoms with E-state index in [-0.39, 0.29) is 33.9 Å². The molecule has 3 N–H and O–H groups in total. The number of nitrogens with one attached hydrogen (secondary N) is 1. The van der Waals surface area contributed by atoms with Gasteiger partial charge in [0.1, 0.15) is 11.9 Å². The number of ether oxygens (including phenoxy) is 1. The lowest BCUT2D eigenvalue weighted by molar-refractivity contribution is -0.141. The zero-order chi connectivity index (χ0) is 32.6. The number of primary amides is 1. The van der Waals surface area contributed by atoms with Crippen LogP contribution >= 0.6 is 11.6 Å². The van der Waals surface area contributed by atoms with Crippen molar-refractivity contribution in [2.75, 3.05) is 12.4 Å². The lowest BCUT2D eigenvalue weighted by Gasteiger charge is -2.19. The predicted octanol–water partition coefficient (Wildman–Crippen LogP) is 4.00. The molecular formula is C25H20ClF4N7O4. The van der Waals surface area contributed by atoms with Crippen LogP contribution in [0.15, 0.2) is 53.5 Å². The SMILES string of the molecule is [2H]C([2H])([2H])Oc1nn([C@@H](CC)C(=O)Nc2ccc(C(N)=O)c(F)c2)c(=O)cc1-c1cc(Cl)ccc1-n1cc(C(F)(F)F)nn1. The molecule has 41 heavy (non-hydrogen) atoms. The van der Waals surface area contributed by atoms with Crippen LogP contribution in [-0.2, 0) is 11.0 Å². The van der Waals surface area contributed by atoms with E-state index < -0.39 is 59.6 Å². The first kappa shape index (κ1) is 25.2. The standard InChI is InChI=1S/C25H20ClF4N7O4/c1-3-18(23(40)32-13-5-6-14(22(31)39)17(27)9-13)37-21(38)10-16(24(34-37)41-2)15-8-12(26)4-7-19(15)36-11-20(33-35-36)25(28,29)30/h4-11,18H,3H2,1-2H3,(H2,31,39)(H,32,40)/t18-/m0/s1/i2D3. The second kappa shape index (κ2) is 11.4. The van der Waals surface area contributed by atoms with Gasteiger partial charge in [0.05, 0.1) is 34.2 Å². The topological polar surface area (TPSA) is 147 Å². The Kier molecular flexibility index (Phi) is 6.99. The first-order valence-corrected chi connectivity index (χ1v) is 11.9. The summed E-state index contributed by atoms with van der Waals surface area (Å²) in [6.45, 7) is 1.51. The van der Waals surface area contributed by atoms with Crippen molar-refractivity contribution in [2.24, 2.45) is 5.73 Å². The molecule has 0 spiro atoms. The molecular weight excluding hydrogens is 574 g/mol. The van der Waals surface area contributed by atoms with Crippen LogP contribution in [0.5, 0.6) is 5.88 Å². The van der Waals surface area contributed by atoms with Crippen LogP contribution in [0.25, 0.3) is 16.8 Å². The molecule has 0 bridgehead atoms. The smallest absolute Gasteiger partial charge is 0.436 e. The highest BCUT2D eigenvalue weighted by Gasteiger charge is 2.35. The summed E-state index contributed by atoms with van der Waals surface area (Å²) >= 11 is 6.13. The third-order valence-corrected chi connectivity index (χ3v) is 6.02. The third-order valence-electron chi connectivity index (χ3n) is 5.79. The summed E-state index contributed by atoms with van der Waals surface area (Å²) in [5.74, 6) is -3.61. The van der Waals surface area contributed by atoms with E-state index in [2.05, 4.69) is 20.7 Å². The minimum atomic E-state index is -4.83. The summed E-state index contributed by atoms with van der Waals surface area (Å²) in [6.07, 6.45) is -4.33. The normalized spacial score (nSPS) is 13.6. The van der Waals surface area contributed by atoms with Crippen LogP contribution < -0.4 is 21.3 Å². The van der Waals surface area contributed by atoms with Crippen molar-refractivity contribution in [1.29, 1.82) is 0 Å². The van der Waals surface area contributed by atoms with Crippen molar-refractivity contribution in [3.05, 3.63) is 81.1 Å². The summed E-state index contributed by atoms with van der Waals surface area (Å²) in [5.41, 5.74) is 1.80. The van der Waals surface area contributed by atoms with Gasteiger partial charge in [0.15, 0.2) is 5.69 Å². The van der Waals surface area contributed by atoms with E-state index in [1.54, 1.807) is 0 Å². The number of amides is 2. The molecule has 0 aliphatic heterocycles. The molecule has 4 rings (SSSR count). The van der Waals surface area contributed by atoms with Gasteiger partial charge in [0.2, 0.25) is 11.8 Å². The Morgan fingerprint density at radius 3 is 2.56 bits per heavy atom. The fraction of sp³-hybridized carbons (Fsp3) is 0.200. The Balaban J connectivity index is 1.82. The first-order chi connectivity index (χ1) is 20.5. The van der Waals surface area contributed by atoms with Crippen LogP contribution in [0.3, 0.4) is 0 Å². The van der Waals surface area contributed by atoms with E-state index in [4.69, 9.17) is 26.2 Å². The number of nitrogens with zero attached hydrogens (tertiary/aromatic N) is 5. The van der Waals surface area contributed by atoms with Crippen LogP contribution in [0, 0.1) is 5.82 Å². The molecule has 0 radical (unpaired) electrons. The van der Waals surface area contributed by atoms with Gasteiger partial charge in [-0.25, -0.2) is 13.8 Å². The number of rotatable bonds is 8. The monoisotopic (exact) mass is 596 g/mol. The number of alkyl halides is 3. The summed E-state index contributed by atoms with van der Waals surface area (Å²) in [5, 5.41) is 13.0. The van der Waals surface area contributed by atoms with Crippen LogP contribution in [0.2, 0.25) is 5.02 Å². The van der Waals surface area contributed by atoms with Crippen molar-refractivity contribution in [1.82, 2.24) is 24.8 Å². The molecule has 2 aromatic heterocycles. The van der Waals surface area contributed by atoms with Gasteiger partial charge in [0, 0.05) is 22.3 Å². The third kappa shape index (κ3) is 6.04. The van der Waals surface area contributed by atoms with E-state index in [1.165, 1.54) is 31.2 Å². The molecule has 214 valence electrons. The molecule has 0 saturated carbocycles. The molecule has 4 aromatic rings. The molecule has 11 nitrogen and oxygen atoms in total. The van der Waals surface area contributed by atoms with Gasteiger partial charge in [-0.15, -0.1) is 10.2 Å². The number of anilines is 1. The Morgan fingerprint density at radius 1 is 1.20 bits per heavy atom. The number of hydrogen-bond donors (Lipinski definition) is 2. The second-order valence-corrected chi connectivity index (χ2v) is 8.86. The van der Waals surface area contributed by atoms with Crippen molar-refractivity contribution >= 4 is 29.1 Å². The lowest BCUT2D eigenvalue weighted by atomic mass is 10.0. The van der Waals surface area contributed by atoms with Gasteiger partial charge in [-0.3, -0.25) is 14.4 Å². The molecule has 16 heteroatoms. The summed E-state index contributed by atoms with van der Waals surface area (Å²) in [7, 11) is -3.14. The van der Waals surface area contributed by atoms with E-state index in [0.29, 0.717) is 10.9 Å². The number of aromatic nitrogens is 5. The zero-order valence-electron chi connectivity index (χ0n) is 23.7. The molecule has 2 amide bonds. The zero-order valence-corrected chi connectivity index (χ0v) is 21.5. The van der Waals surface area contributed by atoms with Crippen molar-refractivity contribution in [3.63, 3.8) is 0 Å². The number of carbonyl (C=O) groups is 2. The highest BCUT2D eigenvalue weighted by Crippen LogP contribution is 2.35. The maximum atomic E-state index is 14.2. The van der Waals surface area contributed by atoms with Gasteiger partial charge < -0.3 is 15.8 Å². The maximum absolute atomic E-state index is 14.2. The molecule has 0 unspecified atom stereocenters. The highest BCUT2D eigenvalue weighted by atomic mass is 35.5. The lowest BCUT2D eigenvalue weighted by Crippen LogP contribution is -2.35. The van der Waals surface area contributed by atoms with Gasteiger partial charge in [0.25, 0.3) is 11.5 Å². The molecule has 1 atom stereocenters. The largest absolute Gasteiger partial charge is 0.480 e. The van der Waals surface area contributed by atoms with Crippen molar-refractivity contribution in [2.45, 2.75) is 25.6 Å². The van der Waals surface area contributed by atoms with E-state index in [9.17, 15) is 31.9 Å². The van der Waals surface area contributed by atoms with Crippen LogP contribution in [-0.4, -0.2) is 43.6 Å². The number of hydrogen-bond acceptors (Lipinski definition) is 7. The number of benzene rings is 2. The highest BCUT2D eigenvalue weighted by molar-refractivity contribution is 6.31. The molecule has 2 aromatic carbocycles. The molecule has 0 aliphatic carbocycles. The Hall–Kier alpha value is -4.79. The number of methoxy groups -OCH3 is 1. The molecule has 0 fully saturated rings. The Bertz CT molecular complexity index is 1810. The van der Waals surface area contributed by atoms with Crippen LogP contribution in [0.4, 0.5) is 23.2 Å². The molecule has 0 saturated heterocycles. The second-order valence-electron chi connectivity index (χ2n) is 8.43. The predicted molar refractivity (Wildman–Crippen MR) is 138 cm³/mol. The minimum absolute atomic E-state index is 0.0457. The van der Waals surface area contributed by atoms with Gasteiger partial charge in [-0.05, 0) is 42.8 Å². The fourth-order valence-electron chi connectivity index (χ4n) is 3.87.